The summed E-state index contributed by atoms with van der Waals surface area (Å²) < 4.78 is 0. The van der Waals surface area contributed by atoms with Gasteiger partial charge in [-0.1, -0.05) is 27.7 Å². The molecule has 2 heterocycles. The molecule has 1 aromatic rings. The van der Waals surface area contributed by atoms with Crippen LogP contribution in [0.25, 0.3) is 0 Å². The van der Waals surface area contributed by atoms with Crippen molar-refractivity contribution in [1.29, 1.82) is 0 Å². The summed E-state index contributed by atoms with van der Waals surface area (Å²) in [6, 6.07) is 0. The zero-order valence-corrected chi connectivity index (χ0v) is 13.1. The molecule has 1 aliphatic heterocycles. The van der Waals surface area contributed by atoms with Gasteiger partial charge in [0.1, 0.15) is 0 Å². The Kier molecular flexibility index (Phi) is 10.1. The molecule has 0 amide bonds. The maximum Gasteiger partial charge on any atom is 0.225 e. The minimum atomic E-state index is 0.266. The first kappa shape index (κ1) is 17.8. The molecule has 110 valence electrons. The van der Waals surface area contributed by atoms with Gasteiger partial charge in [-0.25, -0.2) is 9.97 Å². The number of nitrogens with zero attached hydrogens (tertiary/aromatic N) is 3. The van der Waals surface area contributed by atoms with Gasteiger partial charge in [-0.05, 0) is 31.2 Å². The molecule has 0 aromatic carbocycles. The van der Waals surface area contributed by atoms with E-state index in [0.29, 0.717) is 5.92 Å². The van der Waals surface area contributed by atoms with Crippen molar-refractivity contribution in [2.24, 2.45) is 5.92 Å². The number of rotatable bonds is 2. The minimum absolute atomic E-state index is 0.266. The molecule has 0 radical (unpaired) electrons. The van der Waals surface area contributed by atoms with Gasteiger partial charge < -0.3 is 10.0 Å². The highest BCUT2D eigenvalue weighted by Gasteiger charge is 2.20. The van der Waals surface area contributed by atoms with Crippen molar-refractivity contribution in [2.45, 2.75) is 47.5 Å². The van der Waals surface area contributed by atoms with Crippen LogP contribution in [-0.4, -0.2) is 34.8 Å². The molecule has 1 saturated heterocycles. The molecule has 2 rings (SSSR count). The second kappa shape index (κ2) is 10.7. The van der Waals surface area contributed by atoms with Crippen LogP contribution in [-0.2, 0) is 0 Å². The first-order chi connectivity index (χ1) is 9.29. The van der Waals surface area contributed by atoms with E-state index >= 15 is 0 Å². The van der Waals surface area contributed by atoms with Gasteiger partial charge in [0, 0.05) is 32.1 Å². The lowest BCUT2D eigenvalue weighted by molar-refractivity contribution is 0.208. The molecule has 1 unspecified atom stereocenters. The summed E-state index contributed by atoms with van der Waals surface area (Å²) in [5.41, 5.74) is 1.08. The number of aliphatic hydroxyl groups is 1. The summed E-state index contributed by atoms with van der Waals surface area (Å²) in [5.74, 6) is 1.17. The quantitative estimate of drug-likeness (QED) is 0.894. The Bertz CT molecular complexity index is 314. The monoisotopic (exact) mass is 267 g/mol. The third-order valence-corrected chi connectivity index (χ3v) is 2.83. The third kappa shape index (κ3) is 6.01. The molecule has 1 N–H and O–H groups in total. The molecular formula is C15H29N3O. The lowest BCUT2D eigenvalue weighted by atomic mass is 9.99. The molecule has 4 nitrogen and oxygen atoms in total. The van der Waals surface area contributed by atoms with Crippen molar-refractivity contribution in [2.75, 3.05) is 24.6 Å². The summed E-state index contributed by atoms with van der Waals surface area (Å²) >= 11 is 0. The SMILES string of the molecule is CC.CC.Cc1cnc(N2CCCC(CO)C2)nc1. The van der Waals surface area contributed by atoms with Crippen molar-refractivity contribution in [3.05, 3.63) is 18.0 Å². The zero-order chi connectivity index (χ0) is 14.7. The number of hydrogen-bond acceptors (Lipinski definition) is 4. The van der Waals surface area contributed by atoms with E-state index in [4.69, 9.17) is 5.11 Å². The van der Waals surface area contributed by atoms with Gasteiger partial charge >= 0.3 is 0 Å². The van der Waals surface area contributed by atoms with Crippen molar-refractivity contribution in [3.63, 3.8) is 0 Å². The largest absolute Gasteiger partial charge is 0.396 e. The maximum atomic E-state index is 9.13. The van der Waals surface area contributed by atoms with Gasteiger partial charge in [0.15, 0.2) is 0 Å². The second-order valence-electron chi connectivity index (χ2n) is 4.20. The molecule has 19 heavy (non-hydrogen) atoms. The summed E-state index contributed by atoms with van der Waals surface area (Å²) in [5, 5.41) is 9.13. The summed E-state index contributed by atoms with van der Waals surface area (Å²) in [6.07, 6.45) is 5.90. The fourth-order valence-electron chi connectivity index (χ4n) is 1.94. The number of hydrogen-bond donors (Lipinski definition) is 1. The van der Waals surface area contributed by atoms with E-state index in [9.17, 15) is 0 Å². The average Bonchev–Trinajstić information content (AvgIpc) is 2.52. The van der Waals surface area contributed by atoms with E-state index in [0.717, 1.165) is 37.4 Å². The Balaban J connectivity index is 0.000000741. The number of piperidine rings is 1. The van der Waals surface area contributed by atoms with Crippen LogP contribution < -0.4 is 4.90 Å². The smallest absolute Gasteiger partial charge is 0.225 e. The Hall–Kier alpha value is -1.16. The van der Waals surface area contributed by atoms with Crippen LogP contribution in [0.5, 0.6) is 0 Å². The Labute approximate surface area is 117 Å². The Morgan fingerprint density at radius 3 is 2.32 bits per heavy atom. The van der Waals surface area contributed by atoms with Crippen molar-refractivity contribution in [1.82, 2.24) is 9.97 Å². The first-order valence-corrected chi connectivity index (χ1v) is 7.44. The van der Waals surface area contributed by atoms with Gasteiger partial charge in [-0.15, -0.1) is 0 Å². The van der Waals surface area contributed by atoms with Crippen LogP contribution >= 0.6 is 0 Å². The topological polar surface area (TPSA) is 49.2 Å². The Morgan fingerprint density at radius 1 is 1.21 bits per heavy atom. The van der Waals surface area contributed by atoms with Crippen LogP contribution in [0.15, 0.2) is 12.4 Å². The molecule has 1 atom stereocenters. The average molecular weight is 267 g/mol. The number of aliphatic hydroxyl groups excluding tert-OH is 1. The summed E-state index contributed by atoms with van der Waals surface area (Å²) in [4.78, 5) is 10.8. The summed E-state index contributed by atoms with van der Waals surface area (Å²) in [7, 11) is 0. The normalized spacial score (nSPS) is 17.8. The highest BCUT2D eigenvalue weighted by Crippen LogP contribution is 2.19. The second-order valence-corrected chi connectivity index (χ2v) is 4.20. The fourth-order valence-corrected chi connectivity index (χ4v) is 1.94. The number of aryl methyl sites for hydroxylation is 1. The van der Waals surface area contributed by atoms with Gasteiger partial charge in [0.2, 0.25) is 5.95 Å². The van der Waals surface area contributed by atoms with Crippen LogP contribution in [0.3, 0.4) is 0 Å². The van der Waals surface area contributed by atoms with Crippen molar-refractivity contribution >= 4 is 5.95 Å². The first-order valence-electron chi connectivity index (χ1n) is 7.44. The van der Waals surface area contributed by atoms with Crippen LogP contribution in [0.2, 0.25) is 0 Å². The maximum absolute atomic E-state index is 9.13. The van der Waals surface area contributed by atoms with Crippen molar-refractivity contribution in [3.8, 4) is 0 Å². The highest BCUT2D eigenvalue weighted by molar-refractivity contribution is 5.30. The van der Waals surface area contributed by atoms with Gasteiger partial charge in [-0.2, -0.15) is 0 Å². The van der Waals surface area contributed by atoms with Crippen molar-refractivity contribution < 1.29 is 5.11 Å². The highest BCUT2D eigenvalue weighted by atomic mass is 16.3. The van der Waals surface area contributed by atoms with Gasteiger partial charge in [0.25, 0.3) is 0 Å². The third-order valence-electron chi connectivity index (χ3n) is 2.83. The van der Waals surface area contributed by atoms with E-state index in [1.165, 1.54) is 0 Å². The molecule has 0 bridgehead atoms. The predicted molar refractivity (Wildman–Crippen MR) is 81.5 cm³/mol. The summed E-state index contributed by atoms with van der Waals surface area (Å²) in [6.45, 7) is 12.1. The van der Waals surface area contributed by atoms with E-state index < -0.39 is 0 Å². The van der Waals surface area contributed by atoms with E-state index in [1.54, 1.807) is 0 Å². The molecule has 1 fully saturated rings. The Morgan fingerprint density at radius 2 is 1.79 bits per heavy atom. The lowest BCUT2D eigenvalue weighted by Crippen LogP contribution is -2.37. The van der Waals surface area contributed by atoms with Crippen LogP contribution in [0.4, 0.5) is 5.95 Å². The van der Waals surface area contributed by atoms with Gasteiger partial charge in [0.05, 0.1) is 0 Å². The fraction of sp³-hybridized carbons (Fsp3) is 0.733. The molecule has 0 aliphatic carbocycles. The van der Waals surface area contributed by atoms with E-state index in [1.807, 2.05) is 47.0 Å². The molecular weight excluding hydrogens is 238 g/mol. The molecule has 4 heteroatoms. The van der Waals surface area contributed by atoms with E-state index in [-0.39, 0.29) is 6.61 Å². The number of anilines is 1. The van der Waals surface area contributed by atoms with E-state index in [2.05, 4.69) is 14.9 Å². The molecule has 0 spiro atoms. The molecule has 1 aromatic heterocycles. The predicted octanol–water partition coefficient (Wildman–Crippen LogP) is 3.05. The number of aromatic nitrogens is 2. The lowest BCUT2D eigenvalue weighted by Gasteiger charge is -2.31. The molecule has 0 saturated carbocycles. The zero-order valence-electron chi connectivity index (χ0n) is 13.1. The standard InChI is InChI=1S/C11H17N3O.2C2H6/c1-9-5-12-11(13-6-9)14-4-2-3-10(7-14)8-15;2*1-2/h5-6,10,15H,2-4,7-8H2,1H3;2*1-2H3. The van der Waals surface area contributed by atoms with Crippen LogP contribution in [0, 0.1) is 12.8 Å². The minimum Gasteiger partial charge on any atom is -0.396 e. The van der Waals surface area contributed by atoms with Crippen LogP contribution in [0.1, 0.15) is 46.1 Å². The molecule has 1 aliphatic rings. The van der Waals surface area contributed by atoms with Gasteiger partial charge in [-0.3, -0.25) is 0 Å².